The largest absolute Gasteiger partial charge is 0.325 e. The molecule has 1 aliphatic rings. The molecular formula is C20H22N4O3S2. The Morgan fingerprint density at radius 2 is 1.90 bits per heavy atom. The van der Waals surface area contributed by atoms with Crippen LogP contribution in [0.4, 0.5) is 5.69 Å². The van der Waals surface area contributed by atoms with Gasteiger partial charge in [-0.3, -0.25) is 4.79 Å². The molecule has 1 aromatic carbocycles. The van der Waals surface area contributed by atoms with E-state index in [0.29, 0.717) is 29.4 Å². The van der Waals surface area contributed by atoms with Crippen LogP contribution < -0.4 is 5.32 Å². The summed E-state index contributed by atoms with van der Waals surface area (Å²) < 4.78 is 26.6. The van der Waals surface area contributed by atoms with Crippen LogP contribution in [0.25, 0.3) is 0 Å². The third-order valence-electron chi connectivity index (χ3n) is 4.60. The second-order valence-corrected chi connectivity index (χ2v) is 9.75. The van der Waals surface area contributed by atoms with Gasteiger partial charge in [-0.05, 0) is 62.6 Å². The maximum atomic E-state index is 12.5. The highest BCUT2D eigenvalue weighted by atomic mass is 32.2. The number of nitriles is 1. The summed E-state index contributed by atoms with van der Waals surface area (Å²) in [6.07, 6.45) is 1.77. The molecule has 9 heteroatoms. The standard InChI is InChI=1S/C20H22N4O3S2/c1-14-11-15(2)22-20(18(14)12-21)28-13-19(25)23-16-5-7-17(8-6-16)29(26,27)24-9-3-4-10-24/h5-8,11H,3-4,9-10,13H2,1-2H3,(H,23,25). The Morgan fingerprint density at radius 3 is 2.52 bits per heavy atom. The van der Waals surface area contributed by atoms with E-state index in [1.807, 2.05) is 19.9 Å². The monoisotopic (exact) mass is 430 g/mol. The first-order chi connectivity index (χ1) is 13.8. The minimum absolute atomic E-state index is 0.0956. The molecule has 0 unspecified atom stereocenters. The number of nitrogens with one attached hydrogen (secondary N) is 1. The van der Waals surface area contributed by atoms with Gasteiger partial charge in [0.15, 0.2) is 0 Å². The van der Waals surface area contributed by atoms with Gasteiger partial charge in [0.05, 0.1) is 16.2 Å². The lowest BCUT2D eigenvalue weighted by atomic mass is 10.1. The number of hydrogen-bond acceptors (Lipinski definition) is 6. The Kier molecular flexibility index (Phi) is 6.57. The highest BCUT2D eigenvalue weighted by Crippen LogP contribution is 2.25. The van der Waals surface area contributed by atoms with Crippen molar-refractivity contribution >= 4 is 33.4 Å². The molecule has 29 heavy (non-hydrogen) atoms. The number of sulfonamides is 1. The normalized spacial score (nSPS) is 14.5. The highest BCUT2D eigenvalue weighted by molar-refractivity contribution is 8.00. The summed E-state index contributed by atoms with van der Waals surface area (Å²) >= 11 is 1.20. The van der Waals surface area contributed by atoms with Crippen molar-refractivity contribution in [2.45, 2.75) is 36.6 Å². The number of benzene rings is 1. The molecule has 2 heterocycles. The van der Waals surface area contributed by atoms with Crippen LogP contribution in [-0.2, 0) is 14.8 Å². The van der Waals surface area contributed by atoms with E-state index in [4.69, 9.17) is 0 Å². The molecule has 1 aromatic heterocycles. The zero-order valence-electron chi connectivity index (χ0n) is 16.3. The summed E-state index contributed by atoms with van der Waals surface area (Å²) in [6.45, 7) is 4.79. The maximum absolute atomic E-state index is 12.5. The van der Waals surface area contributed by atoms with Crippen LogP contribution in [0.2, 0.25) is 0 Å². The molecule has 0 saturated carbocycles. The minimum atomic E-state index is -3.47. The van der Waals surface area contributed by atoms with Crippen LogP contribution in [0.3, 0.4) is 0 Å². The summed E-state index contributed by atoms with van der Waals surface area (Å²) in [6, 6.07) is 10.2. The van der Waals surface area contributed by atoms with E-state index in [1.54, 1.807) is 12.1 Å². The minimum Gasteiger partial charge on any atom is -0.325 e. The van der Waals surface area contributed by atoms with Gasteiger partial charge >= 0.3 is 0 Å². The first-order valence-electron chi connectivity index (χ1n) is 9.22. The Labute approximate surface area is 175 Å². The zero-order valence-corrected chi connectivity index (χ0v) is 17.9. The summed E-state index contributed by atoms with van der Waals surface area (Å²) in [5.74, 6) is -0.159. The number of anilines is 1. The lowest BCUT2D eigenvalue weighted by molar-refractivity contribution is -0.113. The van der Waals surface area contributed by atoms with Crippen molar-refractivity contribution in [3.63, 3.8) is 0 Å². The number of carbonyl (C=O) groups is 1. The van der Waals surface area contributed by atoms with Crippen molar-refractivity contribution in [2.24, 2.45) is 0 Å². The number of rotatable bonds is 6. The summed E-state index contributed by atoms with van der Waals surface area (Å²) in [5.41, 5.74) is 2.62. The topological polar surface area (TPSA) is 103 Å². The number of nitrogens with zero attached hydrogens (tertiary/aromatic N) is 3. The highest BCUT2D eigenvalue weighted by Gasteiger charge is 2.26. The predicted molar refractivity (Wildman–Crippen MR) is 112 cm³/mol. The van der Waals surface area contributed by atoms with Crippen molar-refractivity contribution in [1.82, 2.24) is 9.29 Å². The molecule has 152 valence electrons. The second-order valence-electron chi connectivity index (χ2n) is 6.84. The molecule has 0 spiro atoms. The van der Waals surface area contributed by atoms with E-state index in [-0.39, 0.29) is 16.6 Å². The number of thioether (sulfide) groups is 1. The summed E-state index contributed by atoms with van der Waals surface area (Å²) in [7, 11) is -3.47. The molecule has 2 aromatic rings. The average Bonchev–Trinajstić information content (AvgIpc) is 3.22. The number of carbonyl (C=O) groups excluding carboxylic acids is 1. The Morgan fingerprint density at radius 1 is 1.24 bits per heavy atom. The molecule has 0 atom stereocenters. The van der Waals surface area contributed by atoms with Crippen LogP contribution in [-0.4, -0.2) is 42.5 Å². The number of hydrogen-bond donors (Lipinski definition) is 1. The fourth-order valence-electron chi connectivity index (χ4n) is 3.16. The first-order valence-corrected chi connectivity index (χ1v) is 11.6. The Hall–Kier alpha value is -2.41. The van der Waals surface area contributed by atoms with E-state index in [0.717, 1.165) is 24.1 Å². The molecule has 1 aliphatic heterocycles. The molecule has 1 fully saturated rings. The van der Waals surface area contributed by atoms with Crippen molar-refractivity contribution in [3.8, 4) is 6.07 Å². The van der Waals surface area contributed by atoms with Gasteiger partial charge < -0.3 is 5.32 Å². The van der Waals surface area contributed by atoms with E-state index in [9.17, 15) is 18.5 Å². The SMILES string of the molecule is Cc1cc(C)c(C#N)c(SCC(=O)Nc2ccc(S(=O)(=O)N3CCCC3)cc2)n1. The van der Waals surface area contributed by atoms with Crippen molar-refractivity contribution in [2.75, 3.05) is 24.2 Å². The van der Waals surface area contributed by atoms with Crippen molar-refractivity contribution < 1.29 is 13.2 Å². The van der Waals surface area contributed by atoms with Crippen molar-refractivity contribution in [3.05, 3.63) is 47.2 Å². The number of amides is 1. The quantitative estimate of drug-likeness (QED) is 0.707. The molecule has 1 N–H and O–H groups in total. The lowest BCUT2D eigenvalue weighted by Crippen LogP contribution is -2.27. The predicted octanol–water partition coefficient (Wildman–Crippen LogP) is 3.09. The van der Waals surface area contributed by atoms with Crippen LogP contribution in [0, 0.1) is 25.2 Å². The summed E-state index contributed by atoms with van der Waals surface area (Å²) in [4.78, 5) is 16.9. The van der Waals surface area contributed by atoms with Gasteiger partial charge in [-0.2, -0.15) is 9.57 Å². The van der Waals surface area contributed by atoms with E-state index >= 15 is 0 Å². The van der Waals surface area contributed by atoms with Crippen LogP contribution in [0.5, 0.6) is 0 Å². The Balaban J connectivity index is 1.63. The van der Waals surface area contributed by atoms with Crippen LogP contribution in [0.1, 0.15) is 29.7 Å². The maximum Gasteiger partial charge on any atom is 0.243 e. The molecule has 0 aliphatic carbocycles. The molecule has 0 radical (unpaired) electrons. The molecule has 1 saturated heterocycles. The smallest absolute Gasteiger partial charge is 0.243 e. The van der Waals surface area contributed by atoms with Crippen molar-refractivity contribution in [1.29, 1.82) is 5.26 Å². The van der Waals surface area contributed by atoms with E-state index in [2.05, 4.69) is 16.4 Å². The van der Waals surface area contributed by atoms with Gasteiger partial charge in [0, 0.05) is 24.5 Å². The van der Waals surface area contributed by atoms with Crippen LogP contribution >= 0.6 is 11.8 Å². The average molecular weight is 431 g/mol. The van der Waals surface area contributed by atoms with E-state index < -0.39 is 10.0 Å². The Bertz CT molecular complexity index is 1050. The zero-order chi connectivity index (χ0) is 21.0. The third kappa shape index (κ3) is 4.96. The molecular weight excluding hydrogens is 408 g/mol. The number of aromatic nitrogens is 1. The molecule has 1 amide bonds. The number of pyridine rings is 1. The third-order valence-corrected chi connectivity index (χ3v) is 7.49. The van der Waals surface area contributed by atoms with Gasteiger partial charge in [-0.25, -0.2) is 13.4 Å². The fraction of sp³-hybridized carbons (Fsp3) is 0.350. The first kappa shape index (κ1) is 21.3. The second kappa shape index (κ2) is 8.95. The lowest BCUT2D eigenvalue weighted by Gasteiger charge is -2.15. The molecule has 3 rings (SSSR count). The van der Waals surface area contributed by atoms with Gasteiger partial charge in [0.2, 0.25) is 15.9 Å². The van der Waals surface area contributed by atoms with Gasteiger partial charge in [-0.1, -0.05) is 11.8 Å². The molecule has 0 bridgehead atoms. The van der Waals surface area contributed by atoms with Gasteiger partial charge in [-0.15, -0.1) is 0 Å². The van der Waals surface area contributed by atoms with Gasteiger partial charge in [0.25, 0.3) is 0 Å². The summed E-state index contributed by atoms with van der Waals surface area (Å²) in [5, 5.41) is 12.6. The van der Waals surface area contributed by atoms with E-state index in [1.165, 1.54) is 28.2 Å². The van der Waals surface area contributed by atoms with Gasteiger partial charge in [0.1, 0.15) is 11.1 Å². The van der Waals surface area contributed by atoms with Crippen LogP contribution in [0.15, 0.2) is 40.3 Å². The number of aryl methyl sites for hydroxylation is 2. The fourth-order valence-corrected chi connectivity index (χ4v) is 5.58. The molecule has 7 nitrogen and oxygen atoms in total.